The summed E-state index contributed by atoms with van der Waals surface area (Å²) in [4.78, 5) is 0. The molecule has 0 spiro atoms. The standard InChI is InChI=1S/C14H19BrClN/c1-3-17-8-4-5-11(2)9-12-6-7-13(15)10-14(12)16/h5-7,10,17H,3-4,8-9H2,1-2H3/b11-5-. The van der Waals surface area contributed by atoms with Crippen LogP contribution >= 0.6 is 27.5 Å². The quantitative estimate of drug-likeness (QED) is 0.598. The van der Waals surface area contributed by atoms with Crippen molar-refractivity contribution in [1.82, 2.24) is 5.32 Å². The molecule has 1 N–H and O–H groups in total. The lowest BCUT2D eigenvalue weighted by Gasteiger charge is -2.06. The Labute approximate surface area is 117 Å². The van der Waals surface area contributed by atoms with Crippen LogP contribution in [0, 0.1) is 0 Å². The number of hydrogen-bond donors (Lipinski definition) is 1. The molecule has 0 aliphatic rings. The summed E-state index contributed by atoms with van der Waals surface area (Å²) < 4.78 is 1.03. The van der Waals surface area contributed by atoms with Crippen LogP contribution in [0.25, 0.3) is 0 Å². The van der Waals surface area contributed by atoms with Crippen LogP contribution in [-0.4, -0.2) is 13.1 Å². The molecule has 0 amide bonds. The zero-order valence-corrected chi connectivity index (χ0v) is 12.7. The normalized spacial score (nSPS) is 11.9. The second-order valence-corrected chi connectivity index (χ2v) is 5.43. The maximum absolute atomic E-state index is 6.19. The zero-order chi connectivity index (χ0) is 12.7. The molecule has 17 heavy (non-hydrogen) atoms. The highest BCUT2D eigenvalue weighted by molar-refractivity contribution is 9.10. The van der Waals surface area contributed by atoms with Crippen LogP contribution < -0.4 is 5.32 Å². The molecular formula is C14H19BrClN. The summed E-state index contributed by atoms with van der Waals surface area (Å²) in [6.07, 6.45) is 4.28. The van der Waals surface area contributed by atoms with Gasteiger partial charge in [-0.05, 0) is 50.6 Å². The molecular weight excluding hydrogens is 298 g/mol. The Kier molecular flexibility index (Phi) is 6.86. The molecule has 0 heterocycles. The van der Waals surface area contributed by atoms with Crippen molar-refractivity contribution in [3.63, 3.8) is 0 Å². The van der Waals surface area contributed by atoms with Gasteiger partial charge in [0.15, 0.2) is 0 Å². The molecule has 3 heteroatoms. The lowest BCUT2D eigenvalue weighted by molar-refractivity contribution is 0.724. The van der Waals surface area contributed by atoms with Crippen molar-refractivity contribution in [1.29, 1.82) is 0 Å². The largest absolute Gasteiger partial charge is 0.317 e. The number of allylic oxidation sites excluding steroid dienone is 1. The summed E-state index contributed by atoms with van der Waals surface area (Å²) in [6, 6.07) is 6.06. The fourth-order valence-electron chi connectivity index (χ4n) is 1.64. The Balaban J connectivity index is 2.52. The van der Waals surface area contributed by atoms with E-state index in [0.29, 0.717) is 0 Å². The SMILES string of the molecule is CCNCC/C=C(/C)Cc1ccc(Br)cc1Cl. The van der Waals surface area contributed by atoms with Crippen molar-refractivity contribution in [2.45, 2.75) is 26.7 Å². The number of halogens is 2. The monoisotopic (exact) mass is 315 g/mol. The summed E-state index contributed by atoms with van der Waals surface area (Å²) in [5.74, 6) is 0. The van der Waals surface area contributed by atoms with Gasteiger partial charge in [-0.3, -0.25) is 0 Å². The predicted octanol–water partition coefficient (Wildman–Crippen LogP) is 4.59. The van der Waals surface area contributed by atoms with Crippen LogP contribution in [0.1, 0.15) is 25.8 Å². The summed E-state index contributed by atoms with van der Waals surface area (Å²) in [6.45, 7) is 6.36. The molecule has 0 aliphatic heterocycles. The van der Waals surface area contributed by atoms with E-state index in [1.807, 2.05) is 12.1 Å². The van der Waals surface area contributed by atoms with Gasteiger partial charge in [-0.1, -0.05) is 52.2 Å². The molecule has 0 bridgehead atoms. The number of rotatable bonds is 6. The first-order valence-electron chi connectivity index (χ1n) is 5.93. The van der Waals surface area contributed by atoms with Crippen LogP contribution in [0.4, 0.5) is 0 Å². The fourth-order valence-corrected chi connectivity index (χ4v) is 2.38. The van der Waals surface area contributed by atoms with Crippen LogP contribution in [0.15, 0.2) is 34.3 Å². The first kappa shape index (κ1) is 14.7. The average Bonchev–Trinajstić information content (AvgIpc) is 2.28. The molecule has 0 saturated heterocycles. The van der Waals surface area contributed by atoms with Gasteiger partial charge in [0.1, 0.15) is 0 Å². The topological polar surface area (TPSA) is 12.0 Å². The van der Waals surface area contributed by atoms with E-state index in [1.54, 1.807) is 0 Å². The minimum atomic E-state index is 0.832. The van der Waals surface area contributed by atoms with Gasteiger partial charge < -0.3 is 5.32 Å². The molecule has 0 unspecified atom stereocenters. The maximum atomic E-state index is 6.19. The summed E-state index contributed by atoms with van der Waals surface area (Å²) in [7, 11) is 0. The minimum absolute atomic E-state index is 0.832. The average molecular weight is 317 g/mol. The van der Waals surface area contributed by atoms with E-state index in [-0.39, 0.29) is 0 Å². The first-order chi connectivity index (χ1) is 8.13. The Morgan fingerprint density at radius 3 is 2.88 bits per heavy atom. The van der Waals surface area contributed by atoms with E-state index in [4.69, 9.17) is 11.6 Å². The van der Waals surface area contributed by atoms with Crippen molar-refractivity contribution in [3.05, 3.63) is 44.9 Å². The lowest BCUT2D eigenvalue weighted by atomic mass is 10.1. The van der Waals surface area contributed by atoms with E-state index in [9.17, 15) is 0 Å². The van der Waals surface area contributed by atoms with Crippen molar-refractivity contribution >= 4 is 27.5 Å². The zero-order valence-electron chi connectivity index (χ0n) is 10.4. The molecule has 0 atom stereocenters. The van der Waals surface area contributed by atoms with E-state index in [0.717, 1.165) is 35.4 Å². The van der Waals surface area contributed by atoms with E-state index < -0.39 is 0 Å². The molecule has 0 aliphatic carbocycles. The van der Waals surface area contributed by atoms with Crippen LogP contribution in [-0.2, 0) is 6.42 Å². The molecule has 1 nitrogen and oxygen atoms in total. The van der Waals surface area contributed by atoms with Crippen LogP contribution in [0.5, 0.6) is 0 Å². The van der Waals surface area contributed by atoms with E-state index >= 15 is 0 Å². The molecule has 0 radical (unpaired) electrons. The summed E-state index contributed by atoms with van der Waals surface area (Å²) in [5.41, 5.74) is 2.55. The smallest absolute Gasteiger partial charge is 0.0452 e. The third-order valence-corrected chi connectivity index (χ3v) is 3.39. The highest BCUT2D eigenvalue weighted by Crippen LogP contribution is 2.23. The fraction of sp³-hybridized carbons (Fsp3) is 0.429. The van der Waals surface area contributed by atoms with Crippen molar-refractivity contribution < 1.29 is 0 Å². The predicted molar refractivity (Wildman–Crippen MR) is 79.8 cm³/mol. The highest BCUT2D eigenvalue weighted by Gasteiger charge is 2.01. The molecule has 0 saturated carbocycles. The Morgan fingerprint density at radius 1 is 1.47 bits per heavy atom. The van der Waals surface area contributed by atoms with Crippen LogP contribution in [0.2, 0.25) is 5.02 Å². The third-order valence-electron chi connectivity index (χ3n) is 2.55. The van der Waals surface area contributed by atoms with Gasteiger partial charge in [0, 0.05) is 9.50 Å². The van der Waals surface area contributed by atoms with Gasteiger partial charge in [-0.15, -0.1) is 0 Å². The van der Waals surface area contributed by atoms with E-state index in [2.05, 4.69) is 47.2 Å². The Bertz CT molecular complexity index is 388. The van der Waals surface area contributed by atoms with Gasteiger partial charge in [0.05, 0.1) is 0 Å². The summed E-state index contributed by atoms with van der Waals surface area (Å²) in [5, 5.41) is 4.14. The first-order valence-corrected chi connectivity index (χ1v) is 7.11. The Morgan fingerprint density at radius 2 is 2.24 bits per heavy atom. The van der Waals surface area contributed by atoms with Gasteiger partial charge in [-0.25, -0.2) is 0 Å². The number of nitrogens with one attached hydrogen (secondary N) is 1. The number of benzene rings is 1. The third kappa shape index (κ3) is 5.71. The minimum Gasteiger partial charge on any atom is -0.317 e. The molecule has 94 valence electrons. The lowest BCUT2D eigenvalue weighted by Crippen LogP contribution is -2.13. The molecule has 0 aromatic heterocycles. The Hall–Kier alpha value is -0.310. The molecule has 1 aromatic rings. The van der Waals surface area contributed by atoms with Crippen molar-refractivity contribution in [2.24, 2.45) is 0 Å². The second-order valence-electron chi connectivity index (χ2n) is 4.11. The van der Waals surface area contributed by atoms with Crippen LogP contribution in [0.3, 0.4) is 0 Å². The maximum Gasteiger partial charge on any atom is 0.0452 e. The van der Waals surface area contributed by atoms with Gasteiger partial charge in [0.25, 0.3) is 0 Å². The highest BCUT2D eigenvalue weighted by atomic mass is 79.9. The van der Waals surface area contributed by atoms with Gasteiger partial charge in [-0.2, -0.15) is 0 Å². The van der Waals surface area contributed by atoms with Gasteiger partial charge in [0.2, 0.25) is 0 Å². The summed E-state index contributed by atoms with van der Waals surface area (Å²) >= 11 is 9.60. The van der Waals surface area contributed by atoms with Crippen molar-refractivity contribution in [2.75, 3.05) is 13.1 Å². The van der Waals surface area contributed by atoms with Crippen molar-refractivity contribution in [3.8, 4) is 0 Å². The molecule has 1 rings (SSSR count). The molecule has 1 aromatic carbocycles. The second kappa shape index (κ2) is 7.91. The van der Waals surface area contributed by atoms with E-state index in [1.165, 1.54) is 11.1 Å². The number of hydrogen-bond acceptors (Lipinski definition) is 1. The molecule has 0 fully saturated rings. The van der Waals surface area contributed by atoms with Gasteiger partial charge >= 0.3 is 0 Å².